The van der Waals surface area contributed by atoms with Crippen molar-refractivity contribution in [1.29, 1.82) is 5.26 Å². The van der Waals surface area contributed by atoms with Gasteiger partial charge in [-0.15, -0.1) is 11.8 Å². The zero-order valence-electron chi connectivity index (χ0n) is 15.9. The van der Waals surface area contributed by atoms with Crippen molar-refractivity contribution in [3.8, 4) is 17.6 Å². The molecular formula is C21H18ClN3O4S. The molecule has 0 spiro atoms. The second-order valence-electron chi connectivity index (χ2n) is 6.84. The first-order valence-electron chi connectivity index (χ1n) is 9.31. The van der Waals surface area contributed by atoms with Crippen LogP contribution in [0.5, 0.6) is 11.5 Å². The van der Waals surface area contributed by atoms with Crippen LogP contribution in [0.15, 0.2) is 36.4 Å². The lowest BCUT2D eigenvalue weighted by Gasteiger charge is -2.24. The molecule has 2 heterocycles. The van der Waals surface area contributed by atoms with Crippen LogP contribution in [-0.2, 0) is 16.0 Å². The summed E-state index contributed by atoms with van der Waals surface area (Å²) < 4.78 is 11.1. The third kappa shape index (κ3) is 4.32. The number of nitriles is 1. The normalized spacial score (nSPS) is 17.3. The summed E-state index contributed by atoms with van der Waals surface area (Å²) in [5, 5.41) is 12.1. The number of hydrogen-bond donors (Lipinski definition) is 1. The second kappa shape index (κ2) is 8.86. The van der Waals surface area contributed by atoms with Crippen molar-refractivity contribution < 1.29 is 19.1 Å². The van der Waals surface area contributed by atoms with Gasteiger partial charge in [0.1, 0.15) is 19.3 Å². The first kappa shape index (κ1) is 20.4. The summed E-state index contributed by atoms with van der Waals surface area (Å²) in [6, 6.07) is 11.5. The van der Waals surface area contributed by atoms with Gasteiger partial charge in [-0.25, -0.2) is 0 Å². The Morgan fingerprint density at radius 3 is 2.77 bits per heavy atom. The number of benzene rings is 2. The number of hydrogen-bond acceptors (Lipinski definition) is 6. The van der Waals surface area contributed by atoms with Crippen molar-refractivity contribution in [2.75, 3.05) is 30.2 Å². The Labute approximate surface area is 182 Å². The summed E-state index contributed by atoms with van der Waals surface area (Å²) in [5.41, 5.74) is 1.80. The highest BCUT2D eigenvalue weighted by Crippen LogP contribution is 2.38. The topological polar surface area (TPSA) is 91.7 Å². The lowest BCUT2D eigenvalue weighted by molar-refractivity contribution is -0.135. The second-order valence-corrected chi connectivity index (χ2v) is 8.24. The van der Waals surface area contributed by atoms with E-state index >= 15 is 0 Å². The molecule has 0 saturated carbocycles. The van der Waals surface area contributed by atoms with Crippen LogP contribution < -0.4 is 14.8 Å². The van der Waals surface area contributed by atoms with Gasteiger partial charge in [0.25, 0.3) is 0 Å². The molecule has 0 aromatic heterocycles. The van der Waals surface area contributed by atoms with E-state index in [0.717, 1.165) is 0 Å². The fourth-order valence-electron chi connectivity index (χ4n) is 3.30. The first-order chi connectivity index (χ1) is 14.5. The Morgan fingerprint density at radius 2 is 2.00 bits per heavy atom. The van der Waals surface area contributed by atoms with E-state index in [4.69, 9.17) is 26.3 Å². The molecule has 1 atom stereocenters. The molecule has 154 valence electrons. The molecular weight excluding hydrogens is 426 g/mol. The third-order valence-corrected chi connectivity index (χ3v) is 6.09. The Bertz CT molecular complexity index is 1020. The summed E-state index contributed by atoms with van der Waals surface area (Å²) in [4.78, 5) is 27.2. The van der Waals surface area contributed by atoms with Crippen molar-refractivity contribution >= 4 is 40.9 Å². The number of nitrogens with zero attached hydrogens (tertiary/aromatic N) is 2. The predicted octanol–water partition coefficient (Wildman–Crippen LogP) is 3.07. The molecule has 0 radical (unpaired) electrons. The van der Waals surface area contributed by atoms with Gasteiger partial charge in [-0.05, 0) is 42.0 Å². The summed E-state index contributed by atoms with van der Waals surface area (Å²) in [7, 11) is 0. The highest BCUT2D eigenvalue weighted by Gasteiger charge is 2.34. The van der Waals surface area contributed by atoms with Crippen molar-refractivity contribution in [2.24, 2.45) is 0 Å². The fraction of sp³-hybridized carbons (Fsp3) is 0.286. The predicted molar refractivity (Wildman–Crippen MR) is 114 cm³/mol. The van der Waals surface area contributed by atoms with Gasteiger partial charge in [-0.3, -0.25) is 9.59 Å². The van der Waals surface area contributed by atoms with Gasteiger partial charge in [-0.1, -0.05) is 11.6 Å². The van der Waals surface area contributed by atoms with Crippen molar-refractivity contribution in [1.82, 2.24) is 4.90 Å². The average Bonchev–Trinajstić information content (AvgIpc) is 3.25. The zero-order chi connectivity index (χ0) is 21.1. The third-order valence-electron chi connectivity index (χ3n) is 4.80. The van der Waals surface area contributed by atoms with Crippen molar-refractivity contribution in [2.45, 2.75) is 12.5 Å². The van der Waals surface area contributed by atoms with Crippen molar-refractivity contribution in [3.05, 3.63) is 52.5 Å². The molecule has 7 nitrogen and oxygen atoms in total. The maximum atomic E-state index is 12.9. The van der Waals surface area contributed by atoms with Gasteiger partial charge in [-0.2, -0.15) is 5.26 Å². The van der Waals surface area contributed by atoms with Gasteiger partial charge >= 0.3 is 0 Å². The molecule has 2 aliphatic heterocycles. The summed E-state index contributed by atoms with van der Waals surface area (Å²) in [6.45, 7) is 0.868. The van der Waals surface area contributed by atoms with E-state index in [1.54, 1.807) is 41.3 Å². The highest BCUT2D eigenvalue weighted by atomic mass is 35.5. The fourth-order valence-corrected chi connectivity index (χ4v) is 4.77. The average molecular weight is 444 g/mol. The smallest absolute Gasteiger partial charge is 0.248 e. The van der Waals surface area contributed by atoms with Gasteiger partial charge in [0.05, 0.1) is 29.0 Å². The van der Waals surface area contributed by atoms with Gasteiger partial charge in [0.15, 0.2) is 11.5 Å². The Kier molecular flexibility index (Phi) is 6.02. The van der Waals surface area contributed by atoms with Crippen LogP contribution >= 0.6 is 23.4 Å². The summed E-state index contributed by atoms with van der Waals surface area (Å²) >= 11 is 7.79. The number of amides is 2. The maximum Gasteiger partial charge on any atom is 0.248 e. The number of ether oxygens (including phenoxy) is 2. The van der Waals surface area contributed by atoms with E-state index in [2.05, 4.69) is 5.32 Å². The molecule has 1 unspecified atom stereocenters. The van der Waals surface area contributed by atoms with Crippen LogP contribution in [0.2, 0.25) is 5.02 Å². The Morgan fingerprint density at radius 1 is 1.23 bits per heavy atom. The van der Waals surface area contributed by atoms with Crippen molar-refractivity contribution in [3.63, 3.8) is 0 Å². The summed E-state index contributed by atoms with van der Waals surface area (Å²) in [6.07, 6.45) is 0.109. The van der Waals surface area contributed by atoms with E-state index in [0.29, 0.717) is 58.2 Å². The molecule has 2 aromatic carbocycles. The number of nitrogens with one attached hydrogen (secondary N) is 1. The minimum atomic E-state index is -0.564. The molecule has 30 heavy (non-hydrogen) atoms. The minimum Gasteiger partial charge on any atom is -0.486 e. The van der Waals surface area contributed by atoms with Crippen LogP contribution in [0.25, 0.3) is 0 Å². The van der Waals surface area contributed by atoms with E-state index < -0.39 is 6.04 Å². The number of thioether (sulfide) groups is 1. The Hall–Kier alpha value is -2.89. The van der Waals surface area contributed by atoms with Gasteiger partial charge in [0.2, 0.25) is 11.8 Å². The standard InChI is InChI=1S/C21H18ClN3O4S/c22-16-7-14(8-18-20(16)29-6-5-28-18)9-19(26)25-12-30-11-17(25)21(27)24-15-3-1-13(10-23)2-4-15/h1-4,7-8,17H,5-6,9,11-12H2,(H,24,27). The van der Waals surface area contributed by atoms with Gasteiger partial charge < -0.3 is 19.7 Å². The van der Waals surface area contributed by atoms with Crippen LogP contribution in [0, 0.1) is 11.3 Å². The minimum absolute atomic E-state index is 0.109. The maximum absolute atomic E-state index is 12.9. The molecule has 9 heteroatoms. The number of carbonyl (C=O) groups is 2. The molecule has 2 aliphatic rings. The zero-order valence-corrected chi connectivity index (χ0v) is 17.5. The summed E-state index contributed by atoms with van der Waals surface area (Å²) in [5.74, 6) is 1.59. The molecule has 2 amide bonds. The number of fused-ring (bicyclic) bond motifs is 1. The molecule has 1 N–H and O–H groups in total. The highest BCUT2D eigenvalue weighted by molar-refractivity contribution is 7.99. The van der Waals surface area contributed by atoms with Crippen LogP contribution in [-0.4, -0.2) is 47.6 Å². The first-order valence-corrected chi connectivity index (χ1v) is 10.8. The monoisotopic (exact) mass is 443 g/mol. The quantitative estimate of drug-likeness (QED) is 0.780. The lowest BCUT2D eigenvalue weighted by atomic mass is 10.1. The molecule has 0 bridgehead atoms. The lowest BCUT2D eigenvalue weighted by Crippen LogP contribution is -2.45. The molecule has 0 aliphatic carbocycles. The Balaban J connectivity index is 1.43. The molecule has 4 rings (SSSR count). The van der Waals surface area contributed by atoms with Gasteiger partial charge in [0, 0.05) is 11.4 Å². The SMILES string of the molecule is N#Cc1ccc(NC(=O)C2CSCN2C(=O)Cc2cc(Cl)c3c(c2)OCCO3)cc1. The van der Waals surface area contributed by atoms with E-state index in [1.165, 1.54) is 11.8 Å². The van der Waals surface area contributed by atoms with Crippen LogP contribution in [0.1, 0.15) is 11.1 Å². The van der Waals surface area contributed by atoms with E-state index in [1.807, 2.05) is 6.07 Å². The number of rotatable bonds is 4. The van der Waals surface area contributed by atoms with Crippen LogP contribution in [0.4, 0.5) is 5.69 Å². The molecule has 1 fully saturated rings. The number of halogens is 1. The number of carbonyl (C=O) groups excluding carboxylic acids is 2. The molecule has 2 aromatic rings. The van der Waals surface area contributed by atoms with E-state index in [-0.39, 0.29) is 18.2 Å². The van der Waals surface area contributed by atoms with Crippen LogP contribution in [0.3, 0.4) is 0 Å². The van der Waals surface area contributed by atoms with E-state index in [9.17, 15) is 9.59 Å². The molecule has 1 saturated heterocycles. The largest absolute Gasteiger partial charge is 0.486 e. The number of anilines is 1.